The van der Waals surface area contributed by atoms with Gasteiger partial charge < -0.3 is 20.3 Å². The quantitative estimate of drug-likeness (QED) is 0.734. The van der Waals surface area contributed by atoms with Gasteiger partial charge in [0, 0.05) is 0 Å². The molecule has 0 fully saturated rings. The van der Waals surface area contributed by atoms with Crippen molar-refractivity contribution >= 4 is 0 Å². The lowest BCUT2D eigenvalue weighted by Gasteiger charge is -2.20. The standard InChI is InChI=1S/C20H27NO3/c1-3-4-10-17(22)20(21)16-11-12-18(23-2)19(13-16)24-14-15-8-6-5-7-9-15/h5-9,11-13,17,20,22H,3-4,10,14,21H2,1-2H3/t17-,20+/m0/s1. The molecule has 0 radical (unpaired) electrons. The van der Waals surface area contributed by atoms with Gasteiger partial charge in [-0.05, 0) is 29.7 Å². The number of rotatable bonds is 9. The summed E-state index contributed by atoms with van der Waals surface area (Å²) in [7, 11) is 1.61. The first-order valence-electron chi connectivity index (χ1n) is 8.44. The minimum atomic E-state index is -0.555. The molecule has 0 heterocycles. The van der Waals surface area contributed by atoms with Crippen LogP contribution in [0, 0.1) is 0 Å². The number of aliphatic hydroxyl groups is 1. The van der Waals surface area contributed by atoms with Crippen molar-refractivity contribution in [3.05, 3.63) is 59.7 Å². The Kier molecular flexibility index (Phi) is 7.09. The highest BCUT2D eigenvalue weighted by atomic mass is 16.5. The molecule has 0 aromatic heterocycles. The summed E-state index contributed by atoms with van der Waals surface area (Å²) in [6, 6.07) is 15.1. The number of ether oxygens (including phenoxy) is 2. The van der Waals surface area contributed by atoms with Crippen molar-refractivity contribution < 1.29 is 14.6 Å². The highest BCUT2D eigenvalue weighted by Gasteiger charge is 2.18. The first kappa shape index (κ1) is 18.3. The van der Waals surface area contributed by atoms with Crippen molar-refractivity contribution in [2.45, 2.75) is 44.9 Å². The maximum absolute atomic E-state index is 10.2. The van der Waals surface area contributed by atoms with Gasteiger partial charge in [0.2, 0.25) is 0 Å². The van der Waals surface area contributed by atoms with E-state index in [0.29, 0.717) is 24.5 Å². The molecule has 0 bridgehead atoms. The number of hydrogen-bond acceptors (Lipinski definition) is 4. The molecule has 4 heteroatoms. The van der Waals surface area contributed by atoms with E-state index in [0.717, 1.165) is 24.0 Å². The number of benzene rings is 2. The van der Waals surface area contributed by atoms with Crippen molar-refractivity contribution in [1.29, 1.82) is 0 Å². The first-order valence-corrected chi connectivity index (χ1v) is 8.44. The zero-order chi connectivity index (χ0) is 17.4. The number of unbranched alkanes of at least 4 members (excludes halogenated alkanes) is 1. The Morgan fingerprint density at radius 3 is 2.50 bits per heavy atom. The molecule has 0 aliphatic heterocycles. The van der Waals surface area contributed by atoms with Gasteiger partial charge in [-0.3, -0.25) is 0 Å². The molecule has 3 N–H and O–H groups in total. The molecular formula is C20H27NO3. The largest absolute Gasteiger partial charge is 0.493 e. The lowest BCUT2D eigenvalue weighted by molar-refractivity contribution is 0.132. The predicted octanol–water partition coefficient (Wildman–Crippen LogP) is 3.83. The van der Waals surface area contributed by atoms with Crippen LogP contribution in [0.1, 0.15) is 43.4 Å². The molecule has 0 saturated heterocycles. The third kappa shape index (κ3) is 4.98. The van der Waals surface area contributed by atoms with E-state index in [4.69, 9.17) is 15.2 Å². The minimum absolute atomic E-state index is 0.429. The molecule has 0 saturated carbocycles. The lowest BCUT2D eigenvalue weighted by atomic mass is 9.98. The Balaban J connectivity index is 2.11. The van der Waals surface area contributed by atoms with Crippen LogP contribution in [0.5, 0.6) is 11.5 Å². The molecular weight excluding hydrogens is 302 g/mol. The topological polar surface area (TPSA) is 64.7 Å². The van der Waals surface area contributed by atoms with E-state index in [1.54, 1.807) is 7.11 Å². The second-order valence-corrected chi connectivity index (χ2v) is 5.92. The Labute approximate surface area is 144 Å². The molecule has 130 valence electrons. The van der Waals surface area contributed by atoms with E-state index >= 15 is 0 Å². The fourth-order valence-corrected chi connectivity index (χ4v) is 2.56. The van der Waals surface area contributed by atoms with Crippen molar-refractivity contribution in [2.24, 2.45) is 5.73 Å². The van der Waals surface area contributed by atoms with E-state index in [2.05, 4.69) is 6.92 Å². The van der Waals surface area contributed by atoms with Crippen molar-refractivity contribution in [1.82, 2.24) is 0 Å². The van der Waals surface area contributed by atoms with Crippen molar-refractivity contribution in [3.8, 4) is 11.5 Å². The Bertz CT molecular complexity index is 616. The third-order valence-electron chi connectivity index (χ3n) is 4.08. The van der Waals surface area contributed by atoms with Gasteiger partial charge in [0.15, 0.2) is 11.5 Å². The van der Waals surface area contributed by atoms with Crippen LogP contribution in [0.15, 0.2) is 48.5 Å². The van der Waals surface area contributed by atoms with Crippen molar-refractivity contribution in [2.75, 3.05) is 7.11 Å². The number of nitrogens with two attached hydrogens (primary N) is 1. The maximum Gasteiger partial charge on any atom is 0.161 e. The summed E-state index contributed by atoms with van der Waals surface area (Å²) in [4.78, 5) is 0. The van der Waals surface area contributed by atoms with Gasteiger partial charge in [0.25, 0.3) is 0 Å². The molecule has 0 amide bonds. The molecule has 4 nitrogen and oxygen atoms in total. The van der Waals surface area contributed by atoms with E-state index in [-0.39, 0.29) is 0 Å². The fourth-order valence-electron chi connectivity index (χ4n) is 2.56. The summed E-state index contributed by atoms with van der Waals surface area (Å²) in [5, 5.41) is 10.2. The summed E-state index contributed by atoms with van der Waals surface area (Å²) >= 11 is 0. The minimum Gasteiger partial charge on any atom is -0.493 e. The predicted molar refractivity (Wildman–Crippen MR) is 96.2 cm³/mol. The van der Waals surface area contributed by atoms with Crippen LogP contribution in [0.25, 0.3) is 0 Å². The second kappa shape index (κ2) is 9.30. The van der Waals surface area contributed by atoms with Crippen LogP contribution in [-0.2, 0) is 6.61 Å². The zero-order valence-electron chi connectivity index (χ0n) is 14.4. The Morgan fingerprint density at radius 1 is 1.08 bits per heavy atom. The van der Waals surface area contributed by atoms with Gasteiger partial charge in [0.1, 0.15) is 6.61 Å². The van der Waals surface area contributed by atoms with E-state index in [9.17, 15) is 5.11 Å². The van der Waals surface area contributed by atoms with Crippen LogP contribution in [0.2, 0.25) is 0 Å². The van der Waals surface area contributed by atoms with Gasteiger partial charge in [0.05, 0.1) is 19.3 Å². The smallest absolute Gasteiger partial charge is 0.161 e. The van der Waals surface area contributed by atoms with Crippen LogP contribution in [0.3, 0.4) is 0 Å². The molecule has 0 aliphatic rings. The highest BCUT2D eigenvalue weighted by Crippen LogP contribution is 2.31. The Hall–Kier alpha value is -2.04. The summed E-state index contributed by atoms with van der Waals surface area (Å²) in [5.74, 6) is 1.29. The molecule has 24 heavy (non-hydrogen) atoms. The number of aliphatic hydroxyl groups excluding tert-OH is 1. The van der Waals surface area contributed by atoms with Gasteiger partial charge in [-0.15, -0.1) is 0 Å². The second-order valence-electron chi connectivity index (χ2n) is 5.92. The number of hydrogen-bond donors (Lipinski definition) is 2. The summed E-state index contributed by atoms with van der Waals surface area (Å²) < 4.78 is 11.3. The molecule has 2 aromatic rings. The van der Waals surface area contributed by atoms with E-state index < -0.39 is 12.1 Å². The van der Waals surface area contributed by atoms with Gasteiger partial charge in [-0.2, -0.15) is 0 Å². The van der Waals surface area contributed by atoms with Crippen molar-refractivity contribution in [3.63, 3.8) is 0 Å². The summed E-state index contributed by atoms with van der Waals surface area (Å²) in [5.41, 5.74) is 8.13. The monoisotopic (exact) mass is 329 g/mol. The van der Waals surface area contributed by atoms with Crippen LogP contribution < -0.4 is 15.2 Å². The Morgan fingerprint density at radius 2 is 1.83 bits per heavy atom. The van der Waals surface area contributed by atoms with Crippen LogP contribution >= 0.6 is 0 Å². The average Bonchev–Trinajstić information content (AvgIpc) is 2.64. The van der Waals surface area contributed by atoms with Crippen LogP contribution in [0.4, 0.5) is 0 Å². The molecule has 0 spiro atoms. The van der Waals surface area contributed by atoms with Crippen LogP contribution in [-0.4, -0.2) is 18.3 Å². The van der Waals surface area contributed by atoms with E-state index in [1.807, 2.05) is 48.5 Å². The maximum atomic E-state index is 10.2. The molecule has 2 atom stereocenters. The fraction of sp³-hybridized carbons (Fsp3) is 0.400. The average molecular weight is 329 g/mol. The molecule has 0 aliphatic carbocycles. The molecule has 0 unspecified atom stereocenters. The highest BCUT2D eigenvalue weighted by molar-refractivity contribution is 5.44. The molecule has 2 aromatic carbocycles. The zero-order valence-corrected chi connectivity index (χ0v) is 14.4. The van der Waals surface area contributed by atoms with E-state index in [1.165, 1.54) is 0 Å². The summed E-state index contributed by atoms with van der Waals surface area (Å²) in [6.07, 6.45) is 2.14. The number of methoxy groups -OCH3 is 1. The van der Waals surface area contributed by atoms with Gasteiger partial charge in [-0.25, -0.2) is 0 Å². The molecule has 2 rings (SSSR count). The van der Waals surface area contributed by atoms with Gasteiger partial charge in [-0.1, -0.05) is 56.2 Å². The summed E-state index contributed by atoms with van der Waals surface area (Å²) in [6.45, 7) is 2.55. The lowest BCUT2D eigenvalue weighted by Crippen LogP contribution is -2.26. The van der Waals surface area contributed by atoms with Gasteiger partial charge >= 0.3 is 0 Å². The SMILES string of the molecule is CCCC[C@H](O)[C@H](N)c1ccc(OC)c(OCc2ccccc2)c1. The normalized spacial score (nSPS) is 13.3. The first-order chi connectivity index (χ1) is 11.7. The third-order valence-corrected chi connectivity index (χ3v) is 4.08.